The first-order valence-corrected chi connectivity index (χ1v) is 7.84. The predicted molar refractivity (Wildman–Crippen MR) is 86.0 cm³/mol. The van der Waals surface area contributed by atoms with E-state index in [-0.39, 0.29) is 0 Å². The van der Waals surface area contributed by atoms with Crippen molar-refractivity contribution in [2.45, 2.75) is 19.8 Å². The Morgan fingerprint density at radius 2 is 2.24 bits per heavy atom. The number of aromatic nitrogens is 2. The Hall–Kier alpha value is -1.23. The summed E-state index contributed by atoms with van der Waals surface area (Å²) in [5.74, 6) is 1.03. The lowest BCUT2D eigenvalue weighted by atomic mass is 10.1. The van der Waals surface area contributed by atoms with Crippen molar-refractivity contribution >= 4 is 29.0 Å². The molecule has 6 heteroatoms. The Morgan fingerprint density at radius 1 is 1.38 bits per heavy atom. The van der Waals surface area contributed by atoms with Crippen molar-refractivity contribution in [2.24, 2.45) is 0 Å². The number of nitrogens with one attached hydrogen (secondary N) is 1. The first-order valence-electron chi connectivity index (χ1n) is 7.08. The van der Waals surface area contributed by atoms with Crippen LogP contribution in [0.1, 0.15) is 18.2 Å². The first kappa shape index (κ1) is 14.7. The maximum absolute atomic E-state index is 6.30. The minimum Gasteiger partial charge on any atom is -0.381 e. The van der Waals surface area contributed by atoms with Crippen LogP contribution < -0.4 is 5.32 Å². The van der Waals surface area contributed by atoms with Crippen molar-refractivity contribution in [3.63, 3.8) is 0 Å². The van der Waals surface area contributed by atoms with Crippen LogP contribution in [-0.4, -0.2) is 29.5 Å². The number of nitrogens with zero attached hydrogens (tertiary/aromatic N) is 2. The summed E-state index contributed by atoms with van der Waals surface area (Å²) in [6.45, 7) is 4.34. The molecule has 0 fully saturated rings. The molecule has 1 aromatic heterocycles. The van der Waals surface area contributed by atoms with E-state index in [1.807, 2.05) is 23.7 Å². The van der Waals surface area contributed by atoms with Crippen molar-refractivity contribution in [1.82, 2.24) is 9.78 Å². The van der Waals surface area contributed by atoms with E-state index in [0.717, 1.165) is 43.2 Å². The van der Waals surface area contributed by atoms with Crippen LogP contribution in [0.3, 0.4) is 0 Å². The van der Waals surface area contributed by atoms with E-state index in [0.29, 0.717) is 16.7 Å². The number of benzene rings is 1. The number of fused-ring (bicyclic) bond motifs is 1. The van der Waals surface area contributed by atoms with E-state index in [1.165, 1.54) is 5.56 Å². The van der Waals surface area contributed by atoms with Crippen LogP contribution in [0, 0.1) is 0 Å². The molecular formula is C15H17Cl2N3O. The molecule has 3 rings (SSSR count). The molecular weight excluding hydrogens is 309 g/mol. The highest BCUT2D eigenvalue weighted by Gasteiger charge is 2.23. The summed E-state index contributed by atoms with van der Waals surface area (Å²) in [6.07, 6.45) is 1.80. The van der Waals surface area contributed by atoms with E-state index >= 15 is 0 Å². The molecule has 112 valence electrons. The van der Waals surface area contributed by atoms with Gasteiger partial charge in [0.15, 0.2) is 0 Å². The maximum atomic E-state index is 6.30. The van der Waals surface area contributed by atoms with E-state index in [9.17, 15) is 0 Å². The molecule has 0 unspecified atom stereocenters. The first-order chi connectivity index (χ1) is 10.2. The summed E-state index contributed by atoms with van der Waals surface area (Å²) >= 11 is 12.3. The van der Waals surface area contributed by atoms with Gasteiger partial charge in [-0.15, -0.1) is 0 Å². The molecule has 0 spiro atoms. The lowest BCUT2D eigenvalue weighted by Gasteiger charge is -2.08. The highest BCUT2D eigenvalue weighted by Crippen LogP contribution is 2.32. The molecule has 0 atom stereocenters. The number of halogens is 2. The quantitative estimate of drug-likeness (QED) is 0.851. The third-order valence-corrected chi connectivity index (χ3v) is 4.10. The molecule has 0 saturated heterocycles. The van der Waals surface area contributed by atoms with Gasteiger partial charge in [-0.2, -0.15) is 5.10 Å². The van der Waals surface area contributed by atoms with Gasteiger partial charge in [0, 0.05) is 30.2 Å². The minimum absolute atomic E-state index is 0.595. The molecule has 1 aliphatic heterocycles. The Labute approximate surface area is 134 Å². The second-order valence-electron chi connectivity index (χ2n) is 4.91. The van der Waals surface area contributed by atoms with Crippen molar-refractivity contribution < 1.29 is 4.74 Å². The SMILES string of the molecule is CCOCCc1nn(-c2ccc(Cl)cc2Cl)c2c1CCN2. The number of rotatable bonds is 5. The third-order valence-electron chi connectivity index (χ3n) is 3.56. The number of hydrogen-bond donors (Lipinski definition) is 1. The van der Waals surface area contributed by atoms with Crippen molar-refractivity contribution in [3.8, 4) is 5.69 Å². The zero-order valence-electron chi connectivity index (χ0n) is 11.8. The zero-order chi connectivity index (χ0) is 14.8. The van der Waals surface area contributed by atoms with Crippen molar-refractivity contribution in [3.05, 3.63) is 39.5 Å². The fourth-order valence-corrected chi connectivity index (χ4v) is 3.08. The van der Waals surface area contributed by atoms with Gasteiger partial charge in [0.05, 0.1) is 23.0 Å². The molecule has 0 saturated carbocycles. The molecule has 0 amide bonds. The van der Waals surface area contributed by atoms with Gasteiger partial charge in [-0.05, 0) is 31.5 Å². The standard InChI is InChI=1S/C15H17Cl2N3O/c1-2-21-8-6-13-11-5-7-18-15(11)20(19-13)14-4-3-10(16)9-12(14)17/h3-4,9,18H,2,5-8H2,1H3. The number of anilines is 1. The van der Waals surface area contributed by atoms with Crippen LogP contribution in [0.2, 0.25) is 10.0 Å². The molecule has 1 aliphatic rings. The van der Waals surface area contributed by atoms with Crippen molar-refractivity contribution in [1.29, 1.82) is 0 Å². The van der Waals surface area contributed by atoms with Crippen LogP contribution in [0.4, 0.5) is 5.82 Å². The minimum atomic E-state index is 0.595. The van der Waals surface area contributed by atoms with Gasteiger partial charge in [-0.3, -0.25) is 0 Å². The van der Waals surface area contributed by atoms with Gasteiger partial charge in [-0.1, -0.05) is 23.2 Å². The molecule has 1 N–H and O–H groups in total. The highest BCUT2D eigenvalue weighted by atomic mass is 35.5. The highest BCUT2D eigenvalue weighted by molar-refractivity contribution is 6.35. The molecule has 1 aromatic carbocycles. The molecule has 0 bridgehead atoms. The predicted octanol–water partition coefficient (Wildman–Crippen LogP) is 3.73. The molecule has 4 nitrogen and oxygen atoms in total. The number of ether oxygens (including phenoxy) is 1. The van der Waals surface area contributed by atoms with Gasteiger partial charge >= 0.3 is 0 Å². The largest absolute Gasteiger partial charge is 0.381 e. The Morgan fingerprint density at radius 3 is 3.00 bits per heavy atom. The molecule has 0 aliphatic carbocycles. The smallest absolute Gasteiger partial charge is 0.133 e. The lowest BCUT2D eigenvalue weighted by molar-refractivity contribution is 0.150. The maximum Gasteiger partial charge on any atom is 0.133 e. The fraction of sp³-hybridized carbons (Fsp3) is 0.400. The third kappa shape index (κ3) is 2.89. The lowest BCUT2D eigenvalue weighted by Crippen LogP contribution is -2.06. The van der Waals surface area contributed by atoms with E-state index in [2.05, 4.69) is 5.32 Å². The Balaban J connectivity index is 1.97. The summed E-state index contributed by atoms with van der Waals surface area (Å²) in [4.78, 5) is 0. The molecule has 2 heterocycles. The van der Waals surface area contributed by atoms with Gasteiger partial charge in [0.25, 0.3) is 0 Å². The summed E-state index contributed by atoms with van der Waals surface area (Å²) in [5, 5.41) is 9.32. The molecule has 2 aromatic rings. The summed E-state index contributed by atoms with van der Waals surface area (Å²) in [6, 6.07) is 5.46. The van der Waals surface area contributed by atoms with Crippen LogP contribution in [0.15, 0.2) is 18.2 Å². The molecule has 21 heavy (non-hydrogen) atoms. The van der Waals surface area contributed by atoms with E-state index in [4.69, 9.17) is 33.0 Å². The topological polar surface area (TPSA) is 39.1 Å². The summed E-state index contributed by atoms with van der Waals surface area (Å²) in [5.41, 5.74) is 3.18. The Bertz CT molecular complexity index is 655. The van der Waals surface area contributed by atoms with E-state index in [1.54, 1.807) is 6.07 Å². The van der Waals surface area contributed by atoms with Crippen LogP contribution in [-0.2, 0) is 17.6 Å². The summed E-state index contributed by atoms with van der Waals surface area (Å²) < 4.78 is 7.32. The Kier molecular flexibility index (Phi) is 4.38. The van der Waals surface area contributed by atoms with Gasteiger partial charge < -0.3 is 10.1 Å². The van der Waals surface area contributed by atoms with Crippen molar-refractivity contribution in [2.75, 3.05) is 25.1 Å². The molecule has 0 radical (unpaired) electrons. The monoisotopic (exact) mass is 325 g/mol. The second kappa shape index (κ2) is 6.26. The van der Waals surface area contributed by atoms with Crippen LogP contribution in [0.5, 0.6) is 0 Å². The summed E-state index contributed by atoms with van der Waals surface area (Å²) in [7, 11) is 0. The van der Waals surface area contributed by atoms with Crippen LogP contribution in [0.25, 0.3) is 5.69 Å². The zero-order valence-corrected chi connectivity index (χ0v) is 13.3. The average Bonchev–Trinajstić information content (AvgIpc) is 3.03. The number of hydrogen-bond acceptors (Lipinski definition) is 3. The van der Waals surface area contributed by atoms with Gasteiger partial charge in [0.1, 0.15) is 5.82 Å². The second-order valence-corrected chi connectivity index (χ2v) is 5.75. The van der Waals surface area contributed by atoms with Gasteiger partial charge in [-0.25, -0.2) is 4.68 Å². The van der Waals surface area contributed by atoms with E-state index < -0.39 is 0 Å². The van der Waals surface area contributed by atoms with Gasteiger partial charge in [0.2, 0.25) is 0 Å². The average molecular weight is 326 g/mol. The fourth-order valence-electron chi connectivity index (χ4n) is 2.59. The van der Waals surface area contributed by atoms with Crippen LogP contribution >= 0.6 is 23.2 Å². The normalized spacial score (nSPS) is 13.3.